The first kappa shape index (κ1) is 23.8. The fraction of sp³-hybridized carbons (Fsp3) is 0.240. The largest absolute Gasteiger partial charge is 0.494 e. The van der Waals surface area contributed by atoms with Crippen molar-refractivity contribution in [3.05, 3.63) is 82.3 Å². The van der Waals surface area contributed by atoms with Crippen molar-refractivity contribution in [1.29, 1.82) is 0 Å². The van der Waals surface area contributed by atoms with Gasteiger partial charge in [0, 0.05) is 0 Å². The van der Waals surface area contributed by atoms with Crippen LogP contribution in [0.3, 0.4) is 0 Å². The Hall–Kier alpha value is -2.89. The maximum Gasteiger partial charge on any atom is 0.343 e. The monoisotopic (exact) mass is 470 g/mol. The number of carbonyl (C=O) groups excluding carboxylic acids is 1. The minimum atomic E-state index is -0.440. The lowest BCUT2D eigenvalue weighted by Crippen LogP contribution is -2.08. The van der Waals surface area contributed by atoms with Gasteiger partial charge in [0.1, 0.15) is 11.5 Å². The Morgan fingerprint density at radius 2 is 1.44 bits per heavy atom. The van der Waals surface area contributed by atoms with E-state index >= 15 is 0 Å². The molecule has 0 heterocycles. The molecule has 0 amide bonds. The summed E-state index contributed by atoms with van der Waals surface area (Å²) in [4.78, 5) is 12.4. The maximum absolute atomic E-state index is 12.4. The number of azo groups is 1. The van der Waals surface area contributed by atoms with Crippen molar-refractivity contribution in [2.45, 2.75) is 32.6 Å². The highest BCUT2D eigenvalue weighted by Gasteiger charge is 2.09. The van der Waals surface area contributed by atoms with Crippen LogP contribution < -0.4 is 9.47 Å². The number of hydrogen-bond donors (Lipinski definition) is 0. The first-order chi connectivity index (χ1) is 15.5. The number of rotatable bonds is 10. The van der Waals surface area contributed by atoms with Gasteiger partial charge in [-0.05, 0) is 73.2 Å². The van der Waals surface area contributed by atoms with Gasteiger partial charge in [-0.15, -0.1) is 0 Å². The van der Waals surface area contributed by atoms with E-state index in [-0.39, 0.29) is 0 Å². The Balaban J connectivity index is 1.51. The number of esters is 1. The normalized spacial score (nSPS) is 11.0. The Morgan fingerprint density at radius 3 is 2.12 bits per heavy atom. The van der Waals surface area contributed by atoms with E-state index in [2.05, 4.69) is 17.2 Å². The predicted octanol–water partition coefficient (Wildman–Crippen LogP) is 8.59. The molecule has 0 fully saturated rings. The van der Waals surface area contributed by atoms with Crippen molar-refractivity contribution < 1.29 is 14.3 Å². The van der Waals surface area contributed by atoms with Crippen molar-refractivity contribution in [2.75, 3.05) is 6.61 Å². The van der Waals surface area contributed by atoms with Crippen molar-refractivity contribution in [3.8, 4) is 11.5 Å². The first-order valence-electron chi connectivity index (χ1n) is 10.5. The average Bonchev–Trinajstić information content (AvgIpc) is 2.81. The molecule has 0 aliphatic heterocycles. The number of unbranched alkanes of at least 4 members (excludes halogenated alkanes) is 3. The maximum atomic E-state index is 12.4. The zero-order valence-electron chi connectivity index (χ0n) is 17.8. The van der Waals surface area contributed by atoms with Crippen LogP contribution in [-0.4, -0.2) is 12.6 Å². The van der Waals surface area contributed by atoms with Gasteiger partial charge in [-0.1, -0.05) is 49.4 Å². The second-order valence-corrected chi connectivity index (χ2v) is 7.93. The van der Waals surface area contributed by atoms with Crippen LogP contribution >= 0.6 is 23.2 Å². The van der Waals surface area contributed by atoms with Crippen LogP contribution in [0.25, 0.3) is 0 Å². The fourth-order valence-corrected chi connectivity index (χ4v) is 3.11. The zero-order valence-corrected chi connectivity index (χ0v) is 19.3. The summed E-state index contributed by atoms with van der Waals surface area (Å²) in [5.74, 6) is 0.721. The molecule has 0 N–H and O–H groups in total. The van der Waals surface area contributed by atoms with Crippen LogP contribution in [0.1, 0.15) is 43.0 Å². The molecular formula is C25H24Cl2N2O3. The highest BCUT2D eigenvalue weighted by molar-refractivity contribution is 6.42. The summed E-state index contributed by atoms with van der Waals surface area (Å²) in [5.41, 5.74) is 1.64. The molecule has 5 nitrogen and oxygen atoms in total. The van der Waals surface area contributed by atoms with Gasteiger partial charge in [-0.3, -0.25) is 0 Å². The summed E-state index contributed by atoms with van der Waals surface area (Å²) in [7, 11) is 0. The van der Waals surface area contributed by atoms with Gasteiger partial charge >= 0.3 is 5.97 Å². The van der Waals surface area contributed by atoms with E-state index in [0.29, 0.717) is 39.3 Å². The highest BCUT2D eigenvalue weighted by Crippen LogP contribution is 2.28. The van der Waals surface area contributed by atoms with Gasteiger partial charge < -0.3 is 9.47 Å². The van der Waals surface area contributed by atoms with Crippen molar-refractivity contribution in [1.82, 2.24) is 0 Å². The van der Waals surface area contributed by atoms with Crippen molar-refractivity contribution >= 4 is 40.5 Å². The molecule has 3 aromatic rings. The van der Waals surface area contributed by atoms with Crippen molar-refractivity contribution in [3.63, 3.8) is 0 Å². The molecule has 166 valence electrons. The van der Waals surface area contributed by atoms with Crippen molar-refractivity contribution in [2.24, 2.45) is 10.2 Å². The summed E-state index contributed by atoms with van der Waals surface area (Å²) in [6.45, 7) is 2.86. The number of hydrogen-bond acceptors (Lipinski definition) is 5. The highest BCUT2D eigenvalue weighted by atomic mass is 35.5. The fourth-order valence-electron chi connectivity index (χ4n) is 2.82. The van der Waals surface area contributed by atoms with E-state index < -0.39 is 5.97 Å². The van der Waals surface area contributed by atoms with Crippen LogP contribution in [0, 0.1) is 0 Å². The van der Waals surface area contributed by atoms with Gasteiger partial charge in [-0.2, -0.15) is 10.2 Å². The molecule has 0 unspecified atom stereocenters. The molecule has 0 atom stereocenters. The van der Waals surface area contributed by atoms with Crippen LogP contribution in [0.2, 0.25) is 10.0 Å². The molecule has 7 heteroatoms. The van der Waals surface area contributed by atoms with Gasteiger partial charge in [0.05, 0.1) is 33.6 Å². The second kappa shape index (κ2) is 12.2. The van der Waals surface area contributed by atoms with E-state index in [0.717, 1.165) is 18.6 Å². The van der Waals surface area contributed by atoms with Gasteiger partial charge in [0.25, 0.3) is 0 Å². The summed E-state index contributed by atoms with van der Waals surface area (Å²) in [6.07, 6.45) is 4.61. The third-order valence-corrected chi connectivity index (χ3v) is 5.33. The Labute approximate surface area is 198 Å². The summed E-state index contributed by atoms with van der Waals surface area (Å²) in [5, 5.41) is 9.14. The Kier molecular flexibility index (Phi) is 9.08. The third-order valence-electron chi connectivity index (χ3n) is 4.59. The molecule has 32 heavy (non-hydrogen) atoms. The number of benzene rings is 3. The van der Waals surface area contributed by atoms with E-state index in [4.69, 9.17) is 32.7 Å². The summed E-state index contributed by atoms with van der Waals surface area (Å²) in [6, 6.07) is 18.7. The molecule has 0 aliphatic carbocycles. The molecule has 0 aliphatic rings. The SMILES string of the molecule is CCCCCCOc1ccc(C(=O)Oc2ccc(N=Nc3ccc(Cl)c(Cl)c3)cc2)cc1. The molecule has 3 aromatic carbocycles. The zero-order chi connectivity index (χ0) is 22.8. The molecular weight excluding hydrogens is 447 g/mol. The predicted molar refractivity (Wildman–Crippen MR) is 128 cm³/mol. The lowest BCUT2D eigenvalue weighted by atomic mass is 10.2. The molecule has 0 aromatic heterocycles. The standard InChI is InChI=1S/C25H24Cl2N2O3/c1-2-3-4-5-16-31-21-11-6-18(7-12-21)25(30)32-22-13-8-19(9-14-22)28-29-20-10-15-23(26)24(27)17-20/h6-15,17H,2-5,16H2,1H3. The molecule has 0 saturated carbocycles. The molecule has 3 rings (SSSR count). The lowest BCUT2D eigenvalue weighted by molar-refractivity contribution is 0.0734. The van der Waals surface area contributed by atoms with E-state index in [1.54, 1.807) is 66.7 Å². The minimum absolute atomic E-state index is 0.414. The van der Waals surface area contributed by atoms with E-state index in [1.807, 2.05) is 0 Å². The topological polar surface area (TPSA) is 60.2 Å². The Bertz CT molecular complexity index is 1050. The van der Waals surface area contributed by atoms with Crippen LogP contribution in [0.15, 0.2) is 77.0 Å². The molecule has 0 spiro atoms. The third kappa shape index (κ3) is 7.36. The number of carbonyl (C=O) groups is 1. The summed E-state index contributed by atoms with van der Waals surface area (Å²) >= 11 is 11.9. The second-order valence-electron chi connectivity index (χ2n) is 7.12. The lowest BCUT2D eigenvalue weighted by Gasteiger charge is -2.07. The number of ether oxygens (including phenoxy) is 2. The minimum Gasteiger partial charge on any atom is -0.494 e. The number of nitrogens with zero attached hydrogens (tertiary/aromatic N) is 2. The van der Waals surface area contributed by atoms with Gasteiger partial charge in [0.2, 0.25) is 0 Å². The molecule has 0 saturated heterocycles. The van der Waals surface area contributed by atoms with E-state index in [9.17, 15) is 4.79 Å². The van der Waals surface area contributed by atoms with Gasteiger partial charge in [0.15, 0.2) is 0 Å². The first-order valence-corrected chi connectivity index (χ1v) is 11.2. The Morgan fingerprint density at radius 1 is 0.781 bits per heavy atom. The average molecular weight is 471 g/mol. The van der Waals surface area contributed by atoms with Crippen LogP contribution in [-0.2, 0) is 0 Å². The summed E-state index contributed by atoms with van der Waals surface area (Å²) < 4.78 is 11.1. The number of halogens is 2. The van der Waals surface area contributed by atoms with Gasteiger partial charge in [-0.25, -0.2) is 4.79 Å². The molecule has 0 radical (unpaired) electrons. The molecule has 0 bridgehead atoms. The quantitative estimate of drug-likeness (QED) is 0.129. The van der Waals surface area contributed by atoms with Crippen LogP contribution in [0.4, 0.5) is 11.4 Å². The van der Waals surface area contributed by atoms with Crippen LogP contribution in [0.5, 0.6) is 11.5 Å². The van der Waals surface area contributed by atoms with E-state index in [1.165, 1.54) is 12.8 Å². The smallest absolute Gasteiger partial charge is 0.343 e.